The van der Waals surface area contributed by atoms with Crippen LogP contribution in [0.1, 0.15) is 38.8 Å². The number of carbonyl (C=O) groups is 1. The first kappa shape index (κ1) is 20.3. The van der Waals surface area contributed by atoms with Crippen molar-refractivity contribution in [3.8, 4) is 0 Å². The van der Waals surface area contributed by atoms with Crippen molar-refractivity contribution < 1.29 is 4.79 Å². The quantitative estimate of drug-likeness (QED) is 0.509. The molecule has 0 bridgehead atoms. The first-order valence-corrected chi connectivity index (χ1v) is 10.8. The van der Waals surface area contributed by atoms with Crippen molar-refractivity contribution in [3.63, 3.8) is 0 Å². The Kier molecular flexibility index (Phi) is 6.69. The molecule has 3 aromatic rings. The smallest absolute Gasteiger partial charge is 0.238 e. The van der Waals surface area contributed by atoms with E-state index in [9.17, 15) is 4.79 Å². The van der Waals surface area contributed by atoms with E-state index in [1.54, 1.807) is 6.20 Å². The van der Waals surface area contributed by atoms with Gasteiger partial charge in [-0.3, -0.25) is 4.79 Å². The third-order valence-corrected chi connectivity index (χ3v) is 6.28. The van der Waals surface area contributed by atoms with E-state index in [2.05, 4.69) is 39.8 Å². The Morgan fingerprint density at radius 3 is 2.86 bits per heavy atom. The van der Waals surface area contributed by atoms with Gasteiger partial charge in [0.1, 0.15) is 5.82 Å². The molecule has 0 radical (unpaired) electrons. The van der Waals surface area contributed by atoms with Crippen molar-refractivity contribution in [2.75, 3.05) is 10.6 Å². The Balaban J connectivity index is 1.59. The van der Waals surface area contributed by atoms with Crippen LogP contribution >= 0.6 is 23.1 Å². The average molecular weight is 417 g/mol. The van der Waals surface area contributed by atoms with Crippen LogP contribution in [0.15, 0.2) is 40.9 Å². The van der Waals surface area contributed by atoms with Crippen molar-refractivity contribution in [2.45, 2.75) is 49.7 Å². The summed E-state index contributed by atoms with van der Waals surface area (Å²) >= 11 is 2.82. The van der Waals surface area contributed by atoms with Gasteiger partial charge in [-0.1, -0.05) is 42.2 Å². The van der Waals surface area contributed by atoms with E-state index in [1.165, 1.54) is 28.7 Å². The molecular formula is C19H24N6OS2. The molecule has 0 spiro atoms. The standard InChI is InChI=1S/C19H24N6OS2/c1-5-13(3)25-16(9-10-20-25)22-17(26)14(4)27-19-24-23-18(28-19)21-15-8-6-7-12(2)11-15/h6-11,13-14H,5H2,1-4H3,(H,21,23)(H,22,26)/t13-,14-/m0/s1. The molecule has 28 heavy (non-hydrogen) atoms. The third-order valence-electron chi connectivity index (χ3n) is 4.25. The van der Waals surface area contributed by atoms with Crippen LogP contribution in [0.3, 0.4) is 0 Å². The first-order chi connectivity index (χ1) is 13.5. The number of hydrogen-bond donors (Lipinski definition) is 2. The number of aryl methyl sites for hydroxylation is 1. The van der Waals surface area contributed by atoms with E-state index in [0.717, 1.165) is 16.4 Å². The second kappa shape index (κ2) is 9.20. The maximum absolute atomic E-state index is 12.6. The summed E-state index contributed by atoms with van der Waals surface area (Å²) in [7, 11) is 0. The molecular weight excluding hydrogens is 392 g/mol. The molecule has 1 aromatic carbocycles. The molecule has 0 saturated heterocycles. The van der Waals surface area contributed by atoms with Crippen molar-refractivity contribution in [3.05, 3.63) is 42.1 Å². The topological polar surface area (TPSA) is 84.7 Å². The zero-order valence-corrected chi connectivity index (χ0v) is 18.0. The van der Waals surface area contributed by atoms with Gasteiger partial charge in [0.15, 0.2) is 4.34 Å². The van der Waals surface area contributed by atoms with Crippen LogP contribution in [-0.2, 0) is 4.79 Å². The molecule has 2 heterocycles. The number of amides is 1. The molecule has 0 saturated carbocycles. The maximum atomic E-state index is 12.6. The molecule has 148 valence electrons. The number of hydrogen-bond acceptors (Lipinski definition) is 7. The minimum absolute atomic E-state index is 0.0848. The summed E-state index contributed by atoms with van der Waals surface area (Å²) in [5, 5.41) is 19.3. The van der Waals surface area contributed by atoms with Gasteiger partial charge < -0.3 is 10.6 Å². The number of thioether (sulfide) groups is 1. The highest BCUT2D eigenvalue weighted by molar-refractivity contribution is 8.02. The van der Waals surface area contributed by atoms with Gasteiger partial charge in [0.2, 0.25) is 11.0 Å². The van der Waals surface area contributed by atoms with Gasteiger partial charge in [0.25, 0.3) is 0 Å². The highest BCUT2D eigenvalue weighted by atomic mass is 32.2. The normalized spacial score (nSPS) is 13.1. The number of nitrogens with one attached hydrogen (secondary N) is 2. The zero-order valence-electron chi connectivity index (χ0n) is 16.3. The molecule has 2 atom stereocenters. The summed E-state index contributed by atoms with van der Waals surface area (Å²) in [4.78, 5) is 12.6. The van der Waals surface area contributed by atoms with Crippen LogP contribution in [0.4, 0.5) is 16.6 Å². The fourth-order valence-corrected chi connectivity index (χ4v) is 4.44. The summed E-state index contributed by atoms with van der Waals surface area (Å²) in [6, 6.07) is 10.1. The largest absolute Gasteiger partial charge is 0.330 e. The number of aromatic nitrogens is 4. The van der Waals surface area contributed by atoms with Gasteiger partial charge in [0.05, 0.1) is 17.5 Å². The minimum Gasteiger partial charge on any atom is -0.330 e. The predicted octanol–water partition coefficient (Wildman–Crippen LogP) is 4.88. The van der Waals surface area contributed by atoms with Gasteiger partial charge in [-0.15, -0.1) is 10.2 Å². The Labute approximate surface area is 173 Å². The van der Waals surface area contributed by atoms with Crippen LogP contribution in [0.5, 0.6) is 0 Å². The van der Waals surface area contributed by atoms with Crippen LogP contribution in [0, 0.1) is 6.92 Å². The number of carbonyl (C=O) groups excluding carboxylic acids is 1. The Bertz CT molecular complexity index is 938. The summed E-state index contributed by atoms with van der Waals surface area (Å²) in [6.45, 7) is 8.07. The van der Waals surface area contributed by atoms with Crippen molar-refractivity contribution in [2.24, 2.45) is 0 Å². The fraction of sp³-hybridized carbons (Fsp3) is 0.368. The van der Waals surface area contributed by atoms with Gasteiger partial charge in [-0.05, 0) is 44.9 Å². The van der Waals surface area contributed by atoms with Crippen LogP contribution in [0.25, 0.3) is 0 Å². The Morgan fingerprint density at radius 1 is 1.29 bits per heavy atom. The van der Waals surface area contributed by atoms with Crippen LogP contribution in [0.2, 0.25) is 0 Å². The molecule has 2 N–H and O–H groups in total. The van der Waals surface area contributed by atoms with E-state index in [-0.39, 0.29) is 17.2 Å². The monoisotopic (exact) mass is 416 g/mol. The van der Waals surface area contributed by atoms with Gasteiger partial charge >= 0.3 is 0 Å². The highest BCUT2D eigenvalue weighted by Crippen LogP contribution is 2.31. The Morgan fingerprint density at radius 2 is 2.11 bits per heavy atom. The number of anilines is 3. The summed E-state index contributed by atoms with van der Waals surface area (Å²) < 4.78 is 2.58. The third kappa shape index (κ3) is 5.11. The number of nitrogens with zero attached hydrogens (tertiary/aromatic N) is 4. The summed E-state index contributed by atoms with van der Waals surface area (Å²) in [5.41, 5.74) is 2.14. The molecule has 0 aliphatic carbocycles. The predicted molar refractivity (Wildman–Crippen MR) is 116 cm³/mol. The average Bonchev–Trinajstić information content (AvgIpc) is 3.30. The molecule has 1 amide bonds. The highest BCUT2D eigenvalue weighted by Gasteiger charge is 2.19. The van der Waals surface area contributed by atoms with Crippen molar-refractivity contribution in [1.29, 1.82) is 0 Å². The second-order valence-electron chi connectivity index (χ2n) is 6.54. The number of benzene rings is 1. The van der Waals surface area contributed by atoms with Crippen molar-refractivity contribution in [1.82, 2.24) is 20.0 Å². The maximum Gasteiger partial charge on any atom is 0.238 e. The lowest BCUT2D eigenvalue weighted by molar-refractivity contribution is -0.115. The molecule has 0 unspecified atom stereocenters. The molecule has 0 aliphatic heterocycles. The van der Waals surface area contributed by atoms with Gasteiger partial charge in [-0.25, -0.2) is 4.68 Å². The van der Waals surface area contributed by atoms with Crippen molar-refractivity contribution >= 4 is 45.6 Å². The molecule has 0 aliphatic rings. The number of rotatable bonds is 8. The fourth-order valence-electron chi connectivity index (χ4n) is 2.52. The molecule has 3 rings (SSSR count). The lowest BCUT2D eigenvalue weighted by atomic mass is 10.2. The van der Waals surface area contributed by atoms with E-state index >= 15 is 0 Å². The minimum atomic E-state index is -0.306. The molecule has 2 aromatic heterocycles. The van der Waals surface area contributed by atoms with Gasteiger partial charge in [-0.2, -0.15) is 5.10 Å². The van der Waals surface area contributed by atoms with E-state index in [1.807, 2.05) is 48.9 Å². The molecule has 0 fully saturated rings. The lowest BCUT2D eigenvalue weighted by Crippen LogP contribution is -2.24. The second-order valence-corrected chi connectivity index (χ2v) is 9.10. The van der Waals surface area contributed by atoms with E-state index < -0.39 is 0 Å². The Hall–Kier alpha value is -2.39. The SMILES string of the molecule is CC[C@H](C)n1nccc1NC(=O)[C@H](C)Sc1nnc(Nc2cccc(C)c2)s1. The zero-order chi connectivity index (χ0) is 20.1. The van der Waals surface area contributed by atoms with E-state index in [0.29, 0.717) is 10.9 Å². The molecule has 7 nitrogen and oxygen atoms in total. The summed E-state index contributed by atoms with van der Waals surface area (Å²) in [6.07, 6.45) is 2.64. The molecule has 9 heteroatoms. The van der Waals surface area contributed by atoms with E-state index in [4.69, 9.17) is 0 Å². The van der Waals surface area contributed by atoms with Gasteiger partial charge in [0, 0.05) is 11.8 Å². The lowest BCUT2D eigenvalue weighted by Gasteiger charge is -2.15. The summed E-state index contributed by atoms with van der Waals surface area (Å²) in [5.74, 6) is 0.629. The van der Waals surface area contributed by atoms with Crippen LogP contribution < -0.4 is 10.6 Å². The first-order valence-electron chi connectivity index (χ1n) is 9.14. The van der Waals surface area contributed by atoms with Crippen LogP contribution in [-0.4, -0.2) is 31.1 Å².